The summed E-state index contributed by atoms with van der Waals surface area (Å²) < 4.78 is 0. The molecule has 0 spiro atoms. The van der Waals surface area contributed by atoms with Crippen LogP contribution in [0.25, 0.3) is 0 Å². The van der Waals surface area contributed by atoms with Gasteiger partial charge in [0.25, 0.3) is 0 Å². The van der Waals surface area contributed by atoms with Crippen molar-refractivity contribution in [3.8, 4) is 0 Å². The molecule has 2 heterocycles. The van der Waals surface area contributed by atoms with Gasteiger partial charge in [0.2, 0.25) is 0 Å². The van der Waals surface area contributed by atoms with Gasteiger partial charge in [-0.3, -0.25) is 4.98 Å². The van der Waals surface area contributed by atoms with E-state index in [1.54, 1.807) is 11.3 Å². The van der Waals surface area contributed by atoms with Crippen molar-refractivity contribution in [2.75, 3.05) is 0 Å². The normalized spacial score (nSPS) is 21.1. The summed E-state index contributed by atoms with van der Waals surface area (Å²) in [6, 6.07) is 2.19. The van der Waals surface area contributed by atoms with E-state index in [1.807, 2.05) is 23.0 Å². The Kier molecular flexibility index (Phi) is 3.27. The molecule has 0 fully saturated rings. The van der Waals surface area contributed by atoms with Crippen LogP contribution in [0.2, 0.25) is 0 Å². The Hall–Kier alpha value is -0.710. The number of nitrogens with zero attached hydrogens (tertiary/aromatic N) is 1. The van der Waals surface area contributed by atoms with Gasteiger partial charge in [-0.1, -0.05) is 0 Å². The lowest BCUT2D eigenvalue weighted by Gasteiger charge is -2.26. The maximum Gasteiger partial charge on any atom is 0.0794 e. The first-order chi connectivity index (χ1) is 8.34. The summed E-state index contributed by atoms with van der Waals surface area (Å²) in [5.74, 6) is 0.326. The third kappa shape index (κ3) is 2.30. The molecule has 0 radical (unpaired) electrons. The molecule has 1 N–H and O–H groups in total. The molecule has 2 atom stereocenters. The lowest BCUT2D eigenvalue weighted by Crippen LogP contribution is -2.23. The van der Waals surface area contributed by atoms with Gasteiger partial charge in [-0.15, -0.1) is 22.7 Å². The number of aliphatic hydroxyl groups excluding tert-OH is 1. The van der Waals surface area contributed by atoms with Crippen molar-refractivity contribution < 1.29 is 5.11 Å². The summed E-state index contributed by atoms with van der Waals surface area (Å²) in [6.07, 6.45) is 5.86. The summed E-state index contributed by atoms with van der Waals surface area (Å²) in [6.45, 7) is 0. The van der Waals surface area contributed by atoms with Crippen LogP contribution < -0.4 is 0 Å². The van der Waals surface area contributed by atoms with Crippen molar-refractivity contribution in [2.24, 2.45) is 0 Å². The third-order valence-corrected chi connectivity index (χ3v) is 5.26. The van der Waals surface area contributed by atoms with Crippen LogP contribution in [0.5, 0.6) is 0 Å². The van der Waals surface area contributed by atoms with Crippen molar-refractivity contribution in [3.05, 3.63) is 38.5 Å². The van der Waals surface area contributed by atoms with E-state index < -0.39 is 0 Å². The highest BCUT2D eigenvalue weighted by Gasteiger charge is 2.27. The number of fused-ring (bicyclic) bond motifs is 1. The molecule has 2 aromatic rings. The fourth-order valence-corrected chi connectivity index (χ4v) is 4.26. The Morgan fingerprint density at radius 3 is 3.24 bits per heavy atom. The number of aromatic nitrogens is 1. The van der Waals surface area contributed by atoms with Gasteiger partial charge in [0, 0.05) is 28.3 Å². The Labute approximate surface area is 109 Å². The van der Waals surface area contributed by atoms with E-state index in [4.69, 9.17) is 0 Å². The van der Waals surface area contributed by atoms with Crippen molar-refractivity contribution in [3.63, 3.8) is 0 Å². The molecule has 2 aromatic heterocycles. The molecule has 3 rings (SSSR count). The molecule has 1 aliphatic rings. The van der Waals surface area contributed by atoms with Gasteiger partial charge in [0.1, 0.15) is 0 Å². The lowest BCUT2D eigenvalue weighted by molar-refractivity contribution is 0.136. The first kappa shape index (κ1) is 11.4. The molecule has 4 heteroatoms. The summed E-state index contributed by atoms with van der Waals surface area (Å²) in [5.41, 5.74) is 3.22. The summed E-state index contributed by atoms with van der Waals surface area (Å²) in [5, 5.41) is 12.5. The average molecular weight is 265 g/mol. The van der Waals surface area contributed by atoms with E-state index in [1.165, 1.54) is 28.2 Å². The van der Waals surface area contributed by atoms with Gasteiger partial charge in [-0.05, 0) is 36.3 Å². The minimum atomic E-state index is -0.260. The Bertz CT molecular complexity index is 477. The maximum atomic E-state index is 10.4. The van der Waals surface area contributed by atoms with Crippen LogP contribution in [0.1, 0.15) is 34.1 Å². The van der Waals surface area contributed by atoms with Crippen molar-refractivity contribution in [1.82, 2.24) is 4.98 Å². The predicted octanol–water partition coefficient (Wildman–Crippen LogP) is 3.23. The zero-order valence-electron chi connectivity index (χ0n) is 9.50. The molecule has 0 aromatic carbocycles. The number of aryl methyl sites for hydroxylation is 1. The fourth-order valence-electron chi connectivity index (χ4n) is 2.61. The highest BCUT2D eigenvalue weighted by atomic mass is 32.1. The molecule has 0 bridgehead atoms. The first-order valence-electron chi connectivity index (χ1n) is 5.96. The second-order valence-electron chi connectivity index (χ2n) is 4.54. The van der Waals surface area contributed by atoms with Gasteiger partial charge in [-0.2, -0.15) is 0 Å². The van der Waals surface area contributed by atoms with E-state index in [9.17, 15) is 5.11 Å². The predicted molar refractivity (Wildman–Crippen MR) is 71.8 cm³/mol. The molecular weight excluding hydrogens is 250 g/mol. The quantitative estimate of drug-likeness (QED) is 0.924. The highest BCUT2D eigenvalue weighted by Crippen LogP contribution is 2.37. The topological polar surface area (TPSA) is 33.1 Å². The number of aliphatic hydroxyl groups is 1. The number of rotatable bonds is 3. The standard InChI is InChI=1S/C13H15NOS2/c15-12(6-9-7-14-8-17-9)10-2-1-3-13-11(10)4-5-16-13/h4-5,7-8,10,12,15H,1-3,6H2. The molecule has 17 heavy (non-hydrogen) atoms. The van der Waals surface area contributed by atoms with E-state index in [0.717, 1.165) is 12.8 Å². The van der Waals surface area contributed by atoms with Crippen LogP contribution in [0.4, 0.5) is 0 Å². The van der Waals surface area contributed by atoms with Crippen LogP contribution in [0, 0.1) is 0 Å². The number of thiophene rings is 1. The van der Waals surface area contributed by atoms with Gasteiger partial charge in [0.15, 0.2) is 0 Å². The van der Waals surface area contributed by atoms with Crippen LogP contribution in [-0.4, -0.2) is 16.2 Å². The summed E-state index contributed by atoms with van der Waals surface area (Å²) >= 11 is 3.46. The number of hydrogen-bond acceptors (Lipinski definition) is 4. The molecule has 2 nitrogen and oxygen atoms in total. The van der Waals surface area contributed by atoms with Gasteiger partial charge in [-0.25, -0.2) is 0 Å². The monoisotopic (exact) mass is 265 g/mol. The van der Waals surface area contributed by atoms with Crippen LogP contribution in [0.15, 0.2) is 23.2 Å². The second-order valence-corrected chi connectivity index (χ2v) is 6.51. The minimum Gasteiger partial charge on any atom is -0.392 e. The largest absolute Gasteiger partial charge is 0.392 e. The van der Waals surface area contributed by atoms with Gasteiger partial charge >= 0.3 is 0 Å². The van der Waals surface area contributed by atoms with E-state index >= 15 is 0 Å². The van der Waals surface area contributed by atoms with Crippen molar-refractivity contribution in [1.29, 1.82) is 0 Å². The van der Waals surface area contributed by atoms with Crippen LogP contribution >= 0.6 is 22.7 Å². The molecule has 0 saturated carbocycles. The smallest absolute Gasteiger partial charge is 0.0794 e. The lowest BCUT2D eigenvalue weighted by atomic mass is 9.83. The van der Waals surface area contributed by atoms with Gasteiger partial charge < -0.3 is 5.11 Å². The Morgan fingerprint density at radius 1 is 1.47 bits per heavy atom. The van der Waals surface area contributed by atoms with Crippen molar-refractivity contribution in [2.45, 2.75) is 37.7 Å². The van der Waals surface area contributed by atoms with E-state index in [-0.39, 0.29) is 6.10 Å². The summed E-state index contributed by atoms with van der Waals surface area (Å²) in [4.78, 5) is 6.72. The number of hydrogen-bond donors (Lipinski definition) is 1. The Morgan fingerprint density at radius 2 is 2.41 bits per heavy atom. The van der Waals surface area contributed by atoms with Crippen LogP contribution in [-0.2, 0) is 12.8 Å². The molecule has 90 valence electrons. The minimum absolute atomic E-state index is 0.260. The average Bonchev–Trinajstić information content (AvgIpc) is 2.97. The third-order valence-electron chi connectivity index (χ3n) is 3.46. The van der Waals surface area contributed by atoms with E-state index in [0.29, 0.717) is 5.92 Å². The fraction of sp³-hybridized carbons (Fsp3) is 0.462. The van der Waals surface area contributed by atoms with E-state index in [2.05, 4.69) is 16.4 Å². The van der Waals surface area contributed by atoms with Crippen molar-refractivity contribution >= 4 is 22.7 Å². The maximum absolute atomic E-state index is 10.4. The highest BCUT2D eigenvalue weighted by molar-refractivity contribution is 7.10. The molecule has 0 amide bonds. The first-order valence-corrected chi connectivity index (χ1v) is 7.72. The molecular formula is C13H15NOS2. The zero-order valence-corrected chi connectivity index (χ0v) is 11.1. The second kappa shape index (κ2) is 4.88. The van der Waals surface area contributed by atoms with Gasteiger partial charge in [0.05, 0.1) is 11.6 Å². The molecule has 1 aliphatic carbocycles. The molecule has 0 aliphatic heterocycles. The van der Waals surface area contributed by atoms with Crippen LogP contribution in [0.3, 0.4) is 0 Å². The SMILES string of the molecule is OC(Cc1cncs1)C1CCCc2sccc21. The molecule has 2 unspecified atom stereocenters. The zero-order chi connectivity index (χ0) is 11.7. The summed E-state index contributed by atoms with van der Waals surface area (Å²) in [7, 11) is 0. The number of thiazole rings is 1. The Balaban J connectivity index is 1.77. The molecule has 0 saturated heterocycles.